The van der Waals surface area contributed by atoms with E-state index in [1.54, 1.807) is 6.07 Å². The van der Waals surface area contributed by atoms with Gasteiger partial charge < -0.3 is 5.32 Å². The van der Waals surface area contributed by atoms with E-state index >= 15 is 0 Å². The lowest BCUT2D eigenvalue weighted by atomic mass is 10.2. The van der Waals surface area contributed by atoms with Crippen LogP contribution in [0.1, 0.15) is 11.1 Å². The van der Waals surface area contributed by atoms with Crippen LogP contribution >= 0.6 is 35.0 Å². The number of hydrogen-bond acceptors (Lipinski definition) is 4. The highest BCUT2D eigenvalue weighted by molar-refractivity contribution is 7.99. The van der Waals surface area contributed by atoms with Crippen LogP contribution in [0.5, 0.6) is 0 Å². The highest BCUT2D eigenvalue weighted by Gasteiger charge is 2.18. The van der Waals surface area contributed by atoms with Crippen molar-refractivity contribution in [3.05, 3.63) is 87.9 Å². The number of nitrogens with zero attached hydrogens (tertiary/aromatic N) is 3. The van der Waals surface area contributed by atoms with Crippen LogP contribution in [-0.2, 0) is 4.79 Å². The molecule has 0 bridgehead atoms. The molecule has 0 aliphatic heterocycles. The van der Waals surface area contributed by atoms with Gasteiger partial charge in [-0.3, -0.25) is 9.36 Å². The third kappa shape index (κ3) is 4.99. The predicted octanol–water partition coefficient (Wildman–Crippen LogP) is 6.59. The first kappa shape index (κ1) is 22.4. The van der Waals surface area contributed by atoms with Crippen LogP contribution in [0.3, 0.4) is 0 Å². The van der Waals surface area contributed by atoms with Crippen molar-refractivity contribution in [3.63, 3.8) is 0 Å². The number of anilines is 1. The summed E-state index contributed by atoms with van der Waals surface area (Å²) in [5.74, 6) is 0.712. The first-order valence-corrected chi connectivity index (χ1v) is 11.6. The number of thioether (sulfide) groups is 1. The van der Waals surface area contributed by atoms with Gasteiger partial charge in [-0.1, -0.05) is 53.2 Å². The second kappa shape index (κ2) is 9.77. The molecule has 0 saturated carbocycles. The summed E-state index contributed by atoms with van der Waals surface area (Å²) in [6, 6.07) is 21.0. The van der Waals surface area contributed by atoms with E-state index in [9.17, 15) is 4.79 Å². The maximum absolute atomic E-state index is 12.6. The molecule has 4 rings (SSSR count). The van der Waals surface area contributed by atoms with Gasteiger partial charge in [-0.15, -0.1) is 10.2 Å². The van der Waals surface area contributed by atoms with Crippen molar-refractivity contribution in [2.45, 2.75) is 19.0 Å². The molecule has 162 valence electrons. The second-order valence-electron chi connectivity index (χ2n) is 7.24. The lowest BCUT2D eigenvalue weighted by Gasteiger charge is -2.12. The van der Waals surface area contributed by atoms with Gasteiger partial charge in [0.15, 0.2) is 11.0 Å². The molecule has 32 heavy (non-hydrogen) atoms. The lowest BCUT2D eigenvalue weighted by molar-refractivity contribution is -0.113. The van der Waals surface area contributed by atoms with Gasteiger partial charge in [-0.05, 0) is 73.5 Å². The Hall–Kier alpha value is -2.80. The summed E-state index contributed by atoms with van der Waals surface area (Å²) in [5.41, 5.74) is 4.46. The fourth-order valence-electron chi connectivity index (χ4n) is 3.21. The second-order valence-corrected chi connectivity index (χ2v) is 9.02. The third-order valence-electron chi connectivity index (χ3n) is 4.87. The van der Waals surface area contributed by atoms with Gasteiger partial charge in [0.1, 0.15) is 0 Å². The van der Waals surface area contributed by atoms with Crippen LogP contribution in [-0.4, -0.2) is 26.4 Å². The van der Waals surface area contributed by atoms with E-state index in [1.165, 1.54) is 11.8 Å². The highest BCUT2D eigenvalue weighted by Crippen LogP contribution is 2.29. The molecule has 3 aromatic carbocycles. The van der Waals surface area contributed by atoms with E-state index in [2.05, 4.69) is 21.6 Å². The van der Waals surface area contributed by atoms with E-state index in [0.717, 1.165) is 22.4 Å². The number of benzene rings is 3. The molecule has 0 fully saturated rings. The largest absolute Gasteiger partial charge is 0.325 e. The minimum absolute atomic E-state index is 0.146. The van der Waals surface area contributed by atoms with E-state index in [4.69, 9.17) is 23.2 Å². The molecule has 5 nitrogen and oxygen atoms in total. The molecule has 0 atom stereocenters. The fourth-order valence-corrected chi connectivity index (χ4v) is 4.26. The Morgan fingerprint density at radius 2 is 1.75 bits per heavy atom. The first-order chi connectivity index (χ1) is 15.4. The van der Waals surface area contributed by atoms with E-state index in [-0.39, 0.29) is 11.7 Å². The van der Waals surface area contributed by atoms with Crippen molar-refractivity contribution in [3.8, 4) is 17.1 Å². The SMILES string of the molecule is Cc1cccc(-n2c(SCC(=O)Nc3cccc(Cl)c3C)nnc2-c2ccc(Cl)cc2)c1. The molecule has 0 aliphatic carbocycles. The van der Waals surface area contributed by atoms with E-state index in [0.29, 0.717) is 26.7 Å². The molecule has 0 aliphatic rings. The number of hydrogen-bond donors (Lipinski definition) is 1. The van der Waals surface area contributed by atoms with Gasteiger partial charge in [0.25, 0.3) is 0 Å². The molecule has 0 radical (unpaired) electrons. The van der Waals surface area contributed by atoms with Crippen LogP contribution in [0.4, 0.5) is 5.69 Å². The zero-order chi connectivity index (χ0) is 22.7. The van der Waals surface area contributed by atoms with Crippen LogP contribution < -0.4 is 5.32 Å². The Morgan fingerprint density at radius 3 is 2.50 bits per heavy atom. The fraction of sp³-hybridized carbons (Fsp3) is 0.125. The summed E-state index contributed by atoms with van der Waals surface area (Å²) in [5, 5.41) is 13.6. The van der Waals surface area contributed by atoms with E-state index < -0.39 is 0 Å². The van der Waals surface area contributed by atoms with Crippen molar-refractivity contribution in [1.82, 2.24) is 14.8 Å². The van der Waals surface area contributed by atoms with Crippen LogP contribution in [0.15, 0.2) is 71.9 Å². The maximum atomic E-state index is 12.6. The number of carbonyl (C=O) groups excluding carboxylic acids is 1. The Morgan fingerprint density at radius 1 is 1.00 bits per heavy atom. The molecular weight excluding hydrogens is 463 g/mol. The summed E-state index contributed by atoms with van der Waals surface area (Å²) >= 11 is 13.5. The average Bonchev–Trinajstić information content (AvgIpc) is 3.20. The summed E-state index contributed by atoms with van der Waals surface area (Å²) in [4.78, 5) is 12.6. The monoisotopic (exact) mass is 482 g/mol. The Bertz CT molecular complexity index is 1270. The molecular formula is C24H20Cl2N4OS. The Kier molecular flexibility index (Phi) is 6.84. The maximum Gasteiger partial charge on any atom is 0.234 e. The van der Waals surface area contributed by atoms with Crippen LogP contribution in [0.25, 0.3) is 17.1 Å². The zero-order valence-electron chi connectivity index (χ0n) is 17.5. The van der Waals surface area contributed by atoms with Gasteiger partial charge >= 0.3 is 0 Å². The minimum atomic E-state index is -0.146. The first-order valence-electron chi connectivity index (χ1n) is 9.88. The van der Waals surface area contributed by atoms with Gasteiger partial charge in [0.2, 0.25) is 5.91 Å². The number of aryl methyl sites for hydroxylation is 1. The van der Waals surface area contributed by atoms with Crippen molar-refractivity contribution in [2.24, 2.45) is 0 Å². The number of rotatable bonds is 6. The van der Waals surface area contributed by atoms with Gasteiger partial charge in [-0.25, -0.2) is 0 Å². The summed E-state index contributed by atoms with van der Waals surface area (Å²) in [6.45, 7) is 3.90. The molecule has 1 N–H and O–H groups in total. The number of aromatic nitrogens is 3. The predicted molar refractivity (Wildman–Crippen MR) is 132 cm³/mol. The summed E-state index contributed by atoms with van der Waals surface area (Å²) < 4.78 is 1.96. The third-order valence-corrected chi connectivity index (χ3v) is 6.46. The topological polar surface area (TPSA) is 59.8 Å². The number of nitrogens with one attached hydrogen (secondary N) is 1. The molecule has 0 saturated heterocycles. The lowest BCUT2D eigenvalue weighted by Crippen LogP contribution is -2.15. The molecule has 0 spiro atoms. The van der Waals surface area contributed by atoms with Crippen LogP contribution in [0, 0.1) is 13.8 Å². The molecule has 0 unspecified atom stereocenters. The number of amides is 1. The summed E-state index contributed by atoms with van der Waals surface area (Å²) in [7, 11) is 0. The highest BCUT2D eigenvalue weighted by atomic mass is 35.5. The van der Waals surface area contributed by atoms with Crippen LogP contribution in [0.2, 0.25) is 10.0 Å². The van der Waals surface area contributed by atoms with Crippen molar-refractivity contribution < 1.29 is 4.79 Å². The molecule has 8 heteroatoms. The minimum Gasteiger partial charge on any atom is -0.325 e. The van der Waals surface area contributed by atoms with Gasteiger partial charge in [0, 0.05) is 27.0 Å². The smallest absolute Gasteiger partial charge is 0.234 e. The quantitative estimate of drug-likeness (QED) is 0.315. The Balaban J connectivity index is 1.61. The standard InChI is InChI=1S/C24H20Cl2N4OS/c1-15-5-3-6-19(13-15)30-23(17-9-11-18(25)12-10-17)28-29-24(30)32-14-22(31)27-21-8-4-7-20(26)16(21)2/h3-13H,14H2,1-2H3,(H,27,31). The molecule has 1 heterocycles. The Labute approximate surface area is 200 Å². The molecule has 1 aromatic heterocycles. The summed E-state index contributed by atoms with van der Waals surface area (Å²) in [6.07, 6.45) is 0. The van der Waals surface area contributed by atoms with Crippen molar-refractivity contribution in [2.75, 3.05) is 11.1 Å². The molecule has 4 aromatic rings. The number of carbonyl (C=O) groups is 1. The number of halogens is 2. The van der Waals surface area contributed by atoms with Crippen molar-refractivity contribution >= 4 is 46.6 Å². The average molecular weight is 483 g/mol. The van der Waals surface area contributed by atoms with Gasteiger partial charge in [0.05, 0.1) is 5.75 Å². The van der Waals surface area contributed by atoms with E-state index in [1.807, 2.05) is 73.0 Å². The normalized spacial score (nSPS) is 10.9. The van der Waals surface area contributed by atoms with Crippen molar-refractivity contribution in [1.29, 1.82) is 0 Å². The zero-order valence-corrected chi connectivity index (χ0v) is 19.8. The molecule has 1 amide bonds. The van der Waals surface area contributed by atoms with Gasteiger partial charge in [-0.2, -0.15) is 0 Å².